The number of methoxy groups -OCH3 is 1. The molecule has 0 saturated heterocycles. The molecule has 1 aromatic rings. The van der Waals surface area contributed by atoms with Crippen LogP contribution in [0, 0.1) is 0 Å². The Labute approximate surface area is 115 Å². The molecule has 0 aliphatic heterocycles. The van der Waals surface area contributed by atoms with Crippen LogP contribution in [0.25, 0.3) is 0 Å². The van der Waals surface area contributed by atoms with Crippen molar-refractivity contribution in [3.05, 3.63) is 9.81 Å². The molecule has 0 unspecified atom stereocenters. The van der Waals surface area contributed by atoms with Gasteiger partial charge in [-0.15, -0.1) is 4.68 Å². The Morgan fingerprint density at radius 2 is 2.16 bits per heavy atom. The number of amides is 2. The van der Waals surface area contributed by atoms with Crippen molar-refractivity contribution >= 4 is 23.5 Å². The van der Waals surface area contributed by atoms with Crippen molar-refractivity contribution in [3.63, 3.8) is 0 Å². The van der Waals surface area contributed by atoms with Crippen LogP contribution in [0.3, 0.4) is 0 Å². The SMILES string of the molecule is CCCCc1nn(C(=O)OC)c(=NC(=O)N(C)C)s1. The fourth-order valence-corrected chi connectivity index (χ4v) is 2.11. The van der Waals surface area contributed by atoms with E-state index in [0.29, 0.717) is 0 Å². The molecule has 8 heteroatoms. The van der Waals surface area contributed by atoms with Crippen LogP contribution in [-0.2, 0) is 11.2 Å². The van der Waals surface area contributed by atoms with Crippen molar-refractivity contribution in [3.8, 4) is 0 Å². The van der Waals surface area contributed by atoms with E-state index in [2.05, 4.69) is 21.8 Å². The zero-order chi connectivity index (χ0) is 14.4. The van der Waals surface area contributed by atoms with Crippen LogP contribution in [0.2, 0.25) is 0 Å². The number of aryl methyl sites for hydroxylation is 1. The third-order valence-corrected chi connectivity index (χ3v) is 3.24. The van der Waals surface area contributed by atoms with E-state index in [4.69, 9.17) is 0 Å². The van der Waals surface area contributed by atoms with Crippen LogP contribution in [0.15, 0.2) is 4.99 Å². The van der Waals surface area contributed by atoms with Crippen LogP contribution in [0.5, 0.6) is 0 Å². The number of nitrogens with zero attached hydrogens (tertiary/aromatic N) is 4. The van der Waals surface area contributed by atoms with Gasteiger partial charge in [0.1, 0.15) is 5.01 Å². The third kappa shape index (κ3) is 4.16. The van der Waals surface area contributed by atoms with E-state index >= 15 is 0 Å². The Balaban J connectivity index is 3.16. The molecule has 0 spiro atoms. The van der Waals surface area contributed by atoms with E-state index in [1.165, 1.54) is 23.3 Å². The first-order valence-corrected chi connectivity index (χ1v) is 6.74. The van der Waals surface area contributed by atoms with Crippen molar-refractivity contribution in [2.24, 2.45) is 4.99 Å². The summed E-state index contributed by atoms with van der Waals surface area (Å²) in [6.45, 7) is 2.07. The summed E-state index contributed by atoms with van der Waals surface area (Å²) in [4.78, 5) is 28.6. The Morgan fingerprint density at radius 1 is 1.47 bits per heavy atom. The minimum atomic E-state index is -0.649. The van der Waals surface area contributed by atoms with Gasteiger partial charge in [0, 0.05) is 20.5 Å². The highest BCUT2D eigenvalue weighted by Crippen LogP contribution is 2.05. The molecule has 106 valence electrons. The molecule has 0 atom stereocenters. The van der Waals surface area contributed by atoms with Crippen molar-refractivity contribution in [2.75, 3.05) is 21.2 Å². The molecule has 19 heavy (non-hydrogen) atoms. The van der Waals surface area contributed by atoms with E-state index in [9.17, 15) is 9.59 Å². The number of rotatable bonds is 3. The van der Waals surface area contributed by atoms with Gasteiger partial charge in [0.15, 0.2) is 0 Å². The minimum absolute atomic E-state index is 0.233. The lowest BCUT2D eigenvalue weighted by Gasteiger charge is -2.03. The lowest BCUT2D eigenvalue weighted by molar-refractivity contribution is 0.168. The van der Waals surface area contributed by atoms with Crippen LogP contribution < -0.4 is 4.80 Å². The summed E-state index contributed by atoms with van der Waals surface area (Å²) in [5, 5.41) is 4.89. The van der Waals surface area contributed by atoms with Gasteiger partial charge in [-0.25, -0.2) is 9.59 Å². The Hall–Kier alpha value is -1.70. The molecule has 1 aromatic heterocycles. The first-order valence-electron chi connectivity index (χ1n) is 5.93. The highest BCUT2D eigenvalue weighted by Gasteiger charge is 2.13. The lowest BCUT2D eigenvalue weighted by atomic mass is 10.3. The highest BCUT2D eigenvalue weighted by atomic mass is 32.1. The smallest absolute Gasteiger partial charge is 0.437 e. The first-order chi connectivity index (χ1) is 8.99. The molecule has 0 saturated carbocycles. The van der Waals surface area contributed by atoms with E-state index in [1.54, 1.807) is 14.1 Å². The number of ether oxygens (including phenoxy) is 1. The van der Waals surface area contributed by atoms with Crippen molar-refractivity contribution < 1.29 is 14.3 Å². The molecule has 1 heterocycles. The van der Waals surface area contributed by atoms with Crippen LogP contribution >= 0.6 is 11.3 Å². The second-order valence-electron chi connectivity index (χ2n) is 4.05. The number of carbonyl (C=O) groups excluding carboxylic acids is 2. The number of urea groups is 1. The maximum atomic E-state index is 11.6. The molecule has 0 aliphatic carbocycles. The second kappa shape index (κ2) is 7.03. The molecule has 1 rings (SSSR count). The fraction of sp³-hybridized carbons (Fsp3) is 0.636. The first kappa shape index (κ1) is 15.4. The monoisotopic (exact) mass is 286 g/mol. The summed E-state index contributed by atoms with van der Waals surface area (Å²) in [7, 11) is 4.44. The number of aromatic nitrogens is 2. The summed E-state index contributed by atoms with van der Waals surface area (Å²) >= 11 is 1.23. The molecule has 0 N–H and O–H groups in total. The normalized spacial score (nSPS) is 11.5. The van der Waals surface area contributed by atoms with Gasteiger partial charge in [0.2, 0.25) is 4.80 Å². The van der Waals surface area contributed by atoms with Crippen LogP contribution in [0.4, 0.5) is 9.59 Å². The van der Waals surface area contributed by atoms with E-state index in [1.807, 2.05) is 0 Å². The van der Waals surface area contributed by atoms with Gasteiger partial charge in [0.05, 0.1) is 7.11 Å². The van der Waals surface area contributed by atoms with Gasteiger partial charge in [-0.05, 0) is 6.42 Å². The summed E-state index contributed by atoms with van der Waals surface area (Å²) in [5.74, 6) is 0. The Kier molecular flexibility index (Phi) is 5.68. The molecule has 0 fully saturated rings. The van der Waals surface area contributed by atoms with Gasteiger partial charge < -0.3 is 9.64 Å². The number of hydrogen-bond acceptors (Lipinski definition) is 5. The highest BCUT2D eigenvalue weighted by molar-refractivity contribution is 7.08. The average Bonchev–Trinajstić information content (AvgIpc) is 2.78. The maximum absolute atomic E-state index is 11.6. The average molecular weight is 286 g/mol. The molecule has 2 amide bonds. The van der Waals surface area contributed by atoms with Crippen LogP contribution in [-0.4, -0.2) is 48.0 Å². The van der Waals surface area contributed by atoms with Crippen molar-refractivity contribution in [1.82, 2.24) is 14.7 Å². The van der Waals surface area contributed by atoms with Gasteiger partial charge in [-0.3, -0.25) is 0 Å². The number of carbonyl (C=O) groups is 2. The van der Waals surface area contributed by atoms with E-state index in [-0.39, 0.29) is 4.80 Å². The summed E-state index contributed by atoms with van der Waals surface area (Å²) in [6.07, 6.45) is 2.10. The van der Waals surface area contributed by atoms with Crippen LogP contribution in [0.1, 0.15) is 24.8 Å². The predicted molar refractivity (Wildman–Crippen MR) is 71.2 cm³/mol. The van der Waals surface area contributed by atoms with Gasteiger partial charge in [0.25, 0.3) is 0 Å². The number of unbranched alkanes of at least 4 members (excludes halogenated alkanes) is 1. The third-order valence-electron chi connectivity index (χ3n) is 2.27. The molecule has 0 aromatic carbocycles. The molecule has 0 bridgehead atoms. The largest absolute Gasteiger partial charge is 0.451 e. The summed E-state index contributed by atoms with van der Waals surface area (Å²) in [5.41, 5.74) is 0. The lowest BCUT2D eigenvalue weighted by Crippen LogP contribution is -2.28. The summed E-state index contributed by atoms with van der Waals surface area (Å²) in [6, 6.07) is -0.441. The van der Waals surface area contributed by atoms with E-state index in [0.717, 1.165) is 29.0 Å². The Morgan fingerprint density at radius 3 is 2.68 bits per heavy atom. The predicted octanol–water partition coefficient (Wildman–Crippen LogP) is 1.48. The van der Waals surface area contributed by atoms with Gasteiger partial charge in [-0.2, -0.15) is 10.1 Å². The minimum Gasteiger partial charge on any atom is -0.451 e. The van der Waals surface area contributed by atoms with Gasteiger partial charge >= 0.3 is 12.1 Å². The zero-order valence-electron chi connectivity index (χ0n) is 11.5. The molecular weight excluding hydrogens is 268 g/mol. The second-order valence-corrected chi connectivity index (χ2v) is 5.09. The quantitative estimate of drug-likeness (QED) is 0.843. The Bertz CT molecular complexity index is 518. The zero-order valence-corrected chi connectivity index (χ0v) is 12.4. The molecule has 0 aliphatic rings. The van der Waals surface area contributed by atoms with Crippen molar-refractivity contribution in [1.29, 1.82) is 0 Å². The maximum Gasteiger partial charge on any atom is 0.437 e. The topological polar surface area (TPSA) is 76.8 Å². The molecule has 0 radical (unpaired) electrons. The standard InChI is InChI=1S/C11H18N4O3S/c1-5-6-7-8-13-15(11(17)18-4)10(19-8)12-9(16)14(2)3/h5-7H2,1-4H3. The molecular formula is C11H18N4O3S. The summed E-state index contributed by atoms with van der Waals surface area (Å²) < 4.78 is 5.64. The molecule has 7 nitrogen and oxygen atoms in total. The van der Waals surface area contributed by atoms with E-state index < -0.39 is 12.1 Å². The fourth-order valence-electron chi connectivity index (χ4n) is 1.21. The van der Waals surface area contributed by atoms with Crippen molar-refractivity contribution in [2.45, 2.75) is 26.2 Å². The van der Waals surface area contributed by atoms with Gasteiger partial charge in [-0.1, -0.05) is 24.7 Å². The number of hydrogen-bond donors (Lipinski definition) is 0.